The number of nitrogens with one attached hydrogen (secondary N) is 2. The molecule has 0 bridgehead atoms. The minimum absolute atomic E-state index is 0.139. The van der Waals surface area contributed by atoms with Crippen LogP contribution < -0.4 is 15.4 Å². The third kappa shape index (κ3) is 4.38. The van der Waals surface area contributed by atoms with Crippen LogP contribution in [0.5, 0.6) is 5.75 Å². The fourth-order valence-corrected chi connectivity index (χ4v) is 2.53. The van der Waals surface area contributed by atoms with E-state index in [1.165, 1.54) is 0 Å². The summed E-state index contributed by atoms with van der Waals surface area (Å²) < 4.78 is 5.24. The van der Waals surface area contributed by atoms with Crippen LogP contribution in [0.2, 0.25) is 0 Å². The maximum Gasteiger partial charge on any atom is 0.257 e. The molecular weight excluding hydrogens is 312 g/mol. The minimum Gasteiger partial charge on any atom is -0.497 e. The van der Waals surface area contributed by atoms with Crippen molar-refractivity contribution in [2.24, 2.45) is 0 Å². The van der Waals surface area contributed by atoms with Crippen molar-refractivity contribution in [3.8, 4) is 5.75 Å². The van der Waals surface area contributed by atoms with E-state index in [0.29, 0.717) is 12.1 Å². The molecule has 0 atom stereocenters. The molecule has 3 aromatic carbocycles. The van der Waals surface area contributed by atoms with Crippen LogP contribution in [0.15, 0.2) is 78.9 Å². The number of amides is 1. The first-order valence-electron chi connectivity index (χ1n) is 8.08. The highest BCUT2D eigenvalue weighted by atomic mass is 16.5. The van der Waals surface area contributed by atoms with Crippen molar-refractivity contribution in [1.29, 1.82) is 0 Å². The lowest BCUT2D eigenvalue weighted by Gasteiger charge is -2.13. The largest absolute Gasteiger partial charge is 0.497 e. The summed E-state index contributed by atoms with van der Waals surface area (Å²) in [6.07, 6.45) is 0. The molecule has 0 saturated heterocycles. The summed E-state index contributed by atoms with van der Waals surface area (Å²) in [5.74, 6) is 0.675. The van der Waals surface area contributed by atoms with Crippen molar-refractivity contribution in [1.82, 2.24) is 0 Å². The van der Waals surface area contributed by atoms with Crippen LogP contribution in [0.1, 0.15) is 15.9 Å². The summed E-state index contributed by atoms with van der Waals surface area (Å²) >= 11 is 0. The second kappa shape index (κ2) is 8.02. The van der Waals surface area contributed by atoms with Gasteiger partial charge in [0.25, 0.3) is 5.91 Å². The molecule has 0 aliphatic heterocycles. The zero-order valence-electron chi connectivity index (χ0n) is 14.0. The highest BCUT2D eigenvalue weighted by Gasteiger charge is 2.11. The molecule has 2 N–H and O–H groups in total. The first-order chi connectivity index (χ1) is 12.3. The SMILES string of the molecule is COc1cccc(CNc2ccccc2C(=O)Nc2ccccc2)c1. The number of hydrogen-bond donors (Lipinski definition) is 2. The maximum atomic E-state index is 12.6. The normalized spacial score (nSPS) is 10.1. The number of carbonyl (C=O) groups is 1. The molecular formula is C21H20N2O2. The summed E-state index contributed by atoms with van der Waals surface area (Å²) in [7, 11) is 1.65. The van der Waals surface area contributed by atoms with Gasteiger partial charge in [0, 0.05) is 17.9 Å². The Morgan fingerprint density at radius 3 is 2.48 bits per heavy atom. The molecule has 0 heterocycles. The Bertz CT molecular complexity index is 847. The van der Waals surface area contributed by atoms with Crippen molar-refractivity contribution in [2.45, 2.75) is 6.54 Å². The van der Waals surface area contributed by atoms with E-state index in [0.717, 1.165) is 22.7 Å². The third-order valence-electron chi connectivity index (χ3n) is 3.82. The van der Waals surface area contributed by atoms with E-state index in [1.54, 1.807) is 7.11 Å². The van der Waals surface area contributed by atoms with E-state index in [9.17, 15) is 4.79 Å². The van der Waals surface area contributed by atoms with Crippen molar-refractivity contribution in [3.05, 3.63) is 90.0 Å². The van der Waals surface area contributed by atoms with Gasteiger partial charge < -0.3 is 15.4 Å². The van der Waals surface area contributed by atoms with Crippen LogP contribution in [0.4, 0.5) is 11.4 Å². The van der Waals surface area contributed by atoms with Crippen LogP contribution in [0.25, 0.3) is 0 Å². The Morgan fingerprint density at radius 2 is 1.68 bits per heavy atom. The summed E-state index contributed by atoms with van der Waals surface area (Å²) in [6, 6.07) is 24.8. The van der Waals surface area contributed by atoms with Crippen molar-refractivity contribution >= 4 is 17.3 Å². The van der Waals surface area contributed by atoms with Crippen molar-refractivity contribution in [3.63, 3.8) is 0 Å². The number of rotatable bonds is 6. The van der Waals surface area contributed by atoms with Crippen LogP contribution in [0.3, 0.4) is 0 Å². The fraction of sp³-hybridized carbons (Fsp3) is 0.0952. The van der Waals surface area contributed by atoms with E-state index in [1.807, 2.05) is 78.9 Å². The van der Waals surface area contributed by atoms with Gasteiger partial charge in [0.2, 0.25) is 0 Å². The first-order valence-corrected chi connectivity index (χ1v) is 8.08. The van der Waals surface area contributed by atoms with E-state index < -0.39 is 0 Å². The number of anilines is 2. The van der Waals surface area contributed by atoms with Crippen LogP contribution >= 0.6 is 0 Å². The molecule has 3 aromatic rings. The van der Waals surface area contributed by atoms with Gasteiger partial charge in [-0.1, -0.05) is 42.5 Å². The van der Waals surface area contributed by atoms with Gasteiger partial charge in [0.15, 0.2) is 0 Å². The molecule has 0 unspecified atom stereocenters. The molecule has 126 valence electrons. The Kier molecular flexibility index (Phi) is 5.32. The number of ether oxygens (including phenoxy) is 1. The number of carbonyl (C=O) groups excluding carboxylic acids is 1. The molecule has 1 amide bonds. The molecule has 4 heteroatoms. The van der Waals surface area contributed by atoms with Gasteiger partial charge in [-0.25, -0.2) is 0 Å². The molecule has 4 nitrogen and oxygen atoms in total. The highest BCUT2D eigenvalue weighted by molar-refractivity contribution is 6.08. The average molecular weight is 332 g/mol. The maximum absolute atomic E-state index is 12.6. The molecule has 0 saturated carbocycles. The Hall–Kier alpha value is -3.27. The number of hydrogen-bond acceptors (Lipinski definition) is 3. The molecule has 0 aliphatic carbocycles. The number of para-hydroxylation sites is 2. The second-order valence-corrected chi connectivity index (χ2v) is 5.57. The zero-order chi connectivity index (χ0) is 17.5. The monoisotopic (exact) mass is 332 g/mol. The first kappa shape index (κ1) is 16.6. The van der Waals surface area contributed by atoms with Gasteiger partial charge in [-0.2, -0.15) is 0 Å². The molecule has 0 fully saturated rings. The van der Waals surface area contributed by atoms with Crippen molar-refractivity contribution in [2.75, 3.05) is 17.7 Å². The summed E-state index contributed by atoms with van der Waals surface area (Å²) in [4.78, 5) is 12.6. The quantitative estimate of drug-likeness (QED) is 0.696. The van der Waals surface area contributed by atoms with E-state index >= 15 is 0 Å². The summed E-state index contributed by atoms with van der Waals surface area (Å²) in [6.45, 7) is 0.604. The van der Waals surface area contributed by atoms with Crippen LogP contribution in [-0.4, -0.2) is 13.0 Å². The highest BCUT2D eigenvalue weighted by Crippen LogP contribution is 2.19. The minimum atomic E-state index is -0.139. The Morgan fingerprint density at radius 1 is 0.920 bits per heavy atom. The van der Waals surface area contributed by atoms with Gasteiger partial charge in [-0.05, 0) is 42.0 Å². The van der Waals surface area contributed by atoms with Crippen LogP contribution in [0, 0.1) is 0 Å². The standard InChI is InChI=1S/C21H20N2O2/c1-25-18-11-7-8-16(14-18)15-22-20-13-6-5-12-19(20)21(24)23-17-9-3-2-4-10-17/h2-14,22H,15H2,1H3,(H,23,24). The van der Waals surface area contributed by atoms with Gasteiger partial charge in [-0.3, -0.25) is 4.79 Å². The lowest BCUT2D eigenvalue weighted by atomic mass is 10.1. The average Bonchev–Trinajstić information content (AvgIpc) is 2.67. The summed E-state index contributed by atoms with van der Waals surface area (Å²) in [5.41, 5.74) is 3.25. The van der Waals surface area contributed by atoms with Gasteiger partial charge in [0.1, 0.15) is 5.75 Å². The van der Waals surface area contributed by atoms with Gasteiger partial charge in [-0.15, -0.1) is 0 Å². The molecule has 0 radical (unpaired) electrons. The van der Waals surface area contributed by atoms with Gasteiger partial charge in [0.05, 0.1) is 12.7 Å². The summed E-state index contributed by atoms with van der Waals surface area (Å²) in [5, 5.41) is 6.25. The van der Waals surface area contributed by atoms with Crippen molar-refractivity contribution < 1.29 is 9.53 Å². The predicted octanol–water partition coefficient (Wildman–Crippen LogP) is 4.56. The molecule has 25 heavy (non-hydrogen) atoms. The molecule has 3 rings (SSSR count). The predicted molar refractivity (Wildman–Crippen MR) is 101 cm³/mol. The smallest absolute Gasteiger partial charge is 0.257 e. The molecule has 0 aliphatic rings. The van der Waals surface area contributed by atoms with E-state index in [4.69, 9.17) is 4.74 Å². The second-order valence-electron chi connectivity index (χ2n) is 5.57. The fourth-order valence-electron chi connectivity index (χ4n) is 2.53. The molecule has 0 aromatic heterocycles. The topological polar surface area (TPSA) is 50.4 Å². The van der Waals surface area contributed by atoms with Crippen LogP contribution in [-0.2, 0) is 6.54 Å². The Balaban J connectivity index is 1.73. The van der Waals surface area contributed by atoms with Gasteiger partial charge >= 0.3 is 0 Å². The van der Waals surface area contributed by atoms with E-state index in [2.05, 4.69) is 10.6 Å². The molecule has 0 spiro atoms. The number of methoxy groups -OCH3 is 1. The number of benzene rings is 3. The third-order valence-corrected chi connectivity index (χ3v) is 3.82. The van der Waals surface area contributed by atoms with E-state index in [-0.39, 0.29) is 5.91 Å². The lowest BCUT2D eigenvalue weighted by molar-refractivity contribution is 0.102. The lowest BCUT2D eigenvalue weighted by Crippen LogP contribution is -2.14. The zero-order valence-corrected chi connectivity index (χ0v) is 14.0. The Labute approximate surface area is 147 Å².